The molecular weight excluding hydrogens is 547 g/mol. The third kappa shape index (κ3) is 3.69. The van der Waals surface area contributed by atoms with Crippen molar-refractivity contribution in [2.75, 3.05) is 0 Å². The number of benzene rings is 6. The number of furan rings is 1. The van der Waals surface area contributed by atoms with E-state index in [9.17, 15) is 0 Å². The Morgan fingerprint density at radius 2 is 1.16 bits per heavy atom. The third-order valence-corrected chi connectivity index (χ3v) is 10.8. The molecule has 6 aromatic carbocycles. The van der Waals surface area contributed by atoms with Crippen molar-refractivity contribution in [3.8, 4) is 11.1 Å². The summed E-state index contributed by atoms with van der Waals surface area (Å²) in [5.74, 6) is 0. The summed E-state index contributed by atoms with van der Waals surface area (Å²) < 4.78 is 22.2. The summed E-state index contributed by atoms with van der Waals surface area (Å²) in [5, 5.41) is 9.53. The maximum Gasteiger partial charge on any atom is 0.496 e. The maximum absolute atomic E-state index is 6.68. The highest BCUT2D eigenvalue weighted by Crippen LogP contribution is 2.42. The minimum absolute atomic E-state index is 0.425. The van der Waals surface area contributed by atoms with E-state index < -0.39 is 18.3 Å². The Balaban J connectivity index is 1.27. The molecule has 0 spiro atoms. The fraction of sp³-hybridized carbons (Fsp3) is 0.158. The Hall–Kier alpha value is -4.16. The van der Waals surface area contributed by atoms with Crippen molar-refractivity contribution < 1.29 is 13.7 Å². The van der Waals surface area contributed by atoms with Crippen molar-refractivity contribution in [3.63, 3.8) is 0 Å². The van der Waals surface area contributed by atoms with Crippen molar-refractivity contribution in [1.29, 1.82) is 0 Å². The van der Waals surface area contributed by atoms with Gasteiger partial charge in [-0.1, -0.05) is 60.7 Å². The van der Waals surface area contributed by atoms with Crippen LogP contribution in [0.3, 0.4) is 0 Å². The highest BCUT2D eigenvalue weighted by molar-refractivity contribution is 7.26. The molecule has 0 aliphatic carbocycles. The van der Waals surface area contributed by atoms with Crippen molar-refractivity contribution in [2.24, 2.45) is 0 Å². The minimum atomic E-state index is -0.455. The molecule has 0 amide bonds. The predicted octanol–water partition coefficient (Wildman–Crippen LogP) is 10.2. The van der Waals surface area contributed by atoms with Gasteiger partial charge in [0.2, 0.25) is 0 Å². The summed E-state index contributed by atoms with van der Waals surface area (Å²) >= 11 is 1.83. The molecular formula is C38H29BO3S. The van der Waals surface area contributed by atoms with E-state index in [1.54, 1.807) is 0 Å². The van der Waals surface area contributed by atoms with Crippen LogP contribution in [0.25, 0.3) is 74.8 Å². The van der Waals surface area contributed by atoms with Gasteiger partial charge in [-0.15, -0.1) is 11.3 Å². The first-order valence-electron chi connectivity index (χ1n) is 14.8. The first-order chi connectivity index (χ1) is 20.8. The van der Waals surface area contributed by atoms with Crippen LogP contribution in [-0.2, 0) is 9.31 Å². The Kier molecular flexibility index (Phi) is 5.13. The summed E-state index contributed by atoms with van der Waals surface area (Å²) in [6, 6.07) is 37.2. The monoisotopic (exact) mass is 576 g/mol. The van der Waals surface area contributed by atoms with Crippen LogP contribution >= 0.6 is 11.3 Å². The molecule has 0 unspecified atom stereocenters. The van der Waals surface area contributed by atoms with E-state index in [-0.39, 0.29) is 0 Å². The van der Waals surface area contributed by atoms with E-state index >= 15 is 0 Å². The molecule has 208 valence electrons. The van der Waals surface area contributed by atoms with Gasteiger partial charge in [0.05, 0.1) is 11.2 Å². The normalized spacial score (nSPS) is 16.5. The van der Waals surface area contributed by atoms with E-state index in [0.29, 0.717) is 0 Å². The number of fused-ring (bicyclic) bond motifs is 8. The summed E-state index contributed by atoms with van der Waals surface area (Å²) in [4.78, 5) is 0. The molecule has 1 saturated heterocycles. The average molecular weight is 577 g/mol. The molecule has 5 heteroatoms. The van der Waals surface area contributed by atoms with Crippen LogP contribution in [-0.4, -0.2) is 18.3 Å². The summed E-state index contributed by atoms with van der Waals surface area (Å²) in [6.45, 7) is 8.49. The minimum Gasteiger partial charge on any atom is -0.456 e. The largest absolute Gasteiger partial charge is 0.496 e. The molecule has 0 bridgehead atoms. The van der Waals surface area contributed by atoms with Gasteiger partial charge in [0.1, 0.15) is 11.2 Å². The number of rotatable bonds is 2. The van der Waals surface area contributed by atoms with Crippen LogP contribution < -0.4 is 5.46 Å². The number of thiophene rings is 1. The van der Waals surface area contributed by atoms with Crippen molar-refractivity contribution in [3.05, 3.63) is 103 Å². The highest BCUT2D eigenvalue weighted by Gasteiger charge is 2.52. The smallest absolute Gasteiger partial charge is 0.456 e. The lowest BCUT2D eigenvalue weighted by molar-refractivity contribution is 0.00578. The summed E-state index contributed by atoms with van der Waals surface area (Å²) in [6.07, 6.45) is 0. The van der Waals surface area contributed by atoms with E-state index in [0.717, 1.165) is 27.4 Å². The topological polar surface area (TPSA) is 31.6 Å². The zero-order chi connectivity index (χ0) is 29.1. The molecule has 0 saturated carbocycles. The van der Waals surface area contributed by atoms with Gasteiger partial charge in [0.15, 0.2) is 0 Å². The lowest BCUT2D eigenvalue weighted by Gasteiger charge is -2.32. The van der Waals surface area contributed by atoms with E-state index in [2.05, 4.69) is 131 Å². The van der Waals surface area contributed by atoms with Crippen LogP contribution in [0.5, 0.6) is 0 Å². The summed E-state index contributed by atoms with van der Waals surface area (Å²) in [5.41, 5.74) is 4.45. The molecule has 1 fully saturated rings. The van der Waals surface area contributed by atoms with E-state index in [1.165, 1.54) is 52.8 Å². The zero-order valence-corrected chi connectivity index (χ0v) is 25.3. The molecule has 2 aromatic heterocycles. The van der Waals surface area contributed by atoms with E-state index in [4.69, 9.17) is 13.7 Å². The highest BCUT2D eigenvalue weighted by atomic mass is 32.1. The summed E-state index contributed by atoms with van der Waals surface area (Å²) in [7, 11) is -0.455. The van der Waals surface area contributed by atoms with Crippen molar-refractivity contribution >= 4 is 87.6 Å². The second-order valence-corrected chi connectivity index (χ2v) is 13.9. The van der Waals surface area contributed by atoms with Crippen LogP contribution in [0.1, 0.15) is 27.7 Å². The lowest BCUT2D eigenvalue weighted by Crippen LogP contribution is -2.41. The fourth-order valence-corrected chi connectivity index (χ4v) is 7.82. The molecule has 1 aliphatic heterocycles. The first kappa shape index (κ1) is 25.4. The van der Waals surface area contributed by atoms with E-state index in [1.807, 2.05) is 11.3 Å². The average Bonchev–Trinajstić information content (AvgIpc) is 3.61. The van der Waals surface area contributed by atoms with Gasteiger partial charge in [-0.2, -0.15) is 0 Å². The Labute approximate surface area is 253 Å². The molecule has 8 aromatic rings. The first-order valence-corrected chi connectivity index (χ1v) is 15.7. The molecule has 3 nitrogen and oxygen atoms in total. The van der Waals surface area contributed by atoms with Crippen molar-refractivity contribution in [2.45, 2.75) is 38.9 Å². The van der Waals surface area contributed by atoms with Gasteiger partial charge in [0, 0.05) is 30.9 Å². The van der Waals surface area contributed by atoms with Gasteiger partial charge in [-0.3, -0.25) is 0 Å². The van der Waals surface area contributed by atoms with Crippen LogP contribution in [0.4, 0.5) is 0 Å². The third-order valence-electron chi connectivity index (χ3n) is 9.68. The lowest BCUT2D eigenvalue weighted by atomic mass is 9.73. The van der Waals surface area contributed by atoms with Gasteiger partial charge in [-0.05, 0) is 108 Å². The quantitative estimate of drug-likeness (QED) is 0.192. The van der Waals surface area contributed by atoms with Crippen molar-refractivity contribution in [1.82, 2.24) is 0 Å². The molecule has 0 N–H and O–H groups in total. The molecule has 0 atom stereocenters. The van der Waals surface area contributed by atoms with Crippen LogP contribution in [0.15, 0.2) is 108 Å². The molecule has 0 radical (unpaired) electrons. The predicted molar refractivity (Wildman–Crippen MR) is 183 cm³/mol. The van der Waals surface area contributed by atoms with Gasteiger partial charge >= 0.3 is 7.12 Å². The van der Waals surface area contributed by atoms with Gasteiger partial charge < -0.3 is 13.7 Å². The SMILES string of the molecule is CC1(C)OB(c2c3ccccc3cc3sc4ccc(-c5ccc6oc7cc8ccccc8cc7c6c5)cc4c23)OC1(C)C. The number of hydrogen-bond donors (Lipinski definition) is 0. The Morgan fingerprint density at radius 1 is 0.535 bits per heavy atom. The zero-order valence-electron chi connectivity index (χ0n) is 24.5. The maximum atomic E-state index is 6.68. The second-order valence-electron chi connectivity index (χ2n) is 12.8. The fourth-order valence-electron chi connectivity index (χ4n) is 6.67. The molecule has 3 heterocycles. The Bertz CT molecular complexity index is 2410. The Morgan fingerprint density at radius 3 is 1.93 bits per heavy atom. The number of hydrogen-bond acceptors (Lipinski definition) is 4. The molecule has 9 rings (SSSR count). The molecule has 1 aliphatic rings. The van der Waals surface area contributed by atoms with Crippen LogP contribution in [0, 0.1) is 0 Å². The second kappa shape index (κ2) is 8.70. The van der Waals surface area contributed by atoms with Crippen LogP contribution in [0.2, 0.25) is 0 Å². The van der Waals surface area contributed by atoms with Gasteiger partial charge in [-0.25, -0.2) is 0 Å². The van der Waals surface area contributed by atoms with Gasteiger partial charge in [0.25, 0.3) is 0 Å². The standard InChI is InChI=1S/C38H29BO3S/c1-37(2)38(3,4)42-39(41-37)36-27-12-8-7-11-26(27)21-34-35(36)30-19-25(14-16-33(30)43-34)24-13-15-31-28(18-24)29-17-22-9-5-6-10-23(22)20-32(29)40-31/h5-21H,1-4H3. The molecule has 43 heavy (non-hydrogen) atoms.